The molecule has 2 aromatic carbocycles. The summed E-state index contributed by atoms with van der Waals surface area (Å²) in [6.45, 7) is 2.82. The van der Waals surface area contributed by atoms with E-state index >= 15 is 0 Å². The highest BCUT2D eigenvalue weighted by atomic mass is 16.5. The highest BCUT2D eigenvalue weighted by molar-refractivity contribution is 5.93. The van der Waals surface area contributed by atoms with Crippen molar-refractivity contribution in [3.05, 3.63) is 66.5 Å². The van der Waals surface area contributed by atoms with Crippen LogP contribution < -0.4 is 21.1 Å². The molecule has 2 aromatic heterocycles. The number of amides is 1. The summed E-state index contributed by atoms with van der Waals surface area (Å²) in [7, 11) is 0. The van der Waals surface area contributed by atoms with E-state index in [2.05, 4.69) is 25.7 Å². The molecule has 1 aliphatic rings. The molecule has 0 atom stereocenters. The van der Waals surface area contributed by atoms with Crippen LogP contribution in [0.1, 0.15) is 23.2 Å². The van der Waals surface area contributed by atoms with Crippen molar-refractivity contribution in [2.75, 3.05) is 25.0 Å². The number of carbonyl (C=O) groups excluding carboxylic acids is 1. The van der Waals surface area contributed by atoms with Crippen LogP contribution in [0.5, 0.6) is 5.75 Å². The first-order valence-electron chi connectivity index (χ1n) is 11.0. The third-order valence-electron chi connectivity index (χ3n) is 5.77. The second-order valence-electron chi connectivity index (χ2n) is 8.10. The van der Waals surface area contributed by atoms with Gasteiger partial charge in [0.25, 0.3) is 5.78 Å². The van der Waals surface area contributed by atoms with Gasteiger partial charge in [-0.3, -0.25) is 4.79 Å². The highest BCUT2D eigenvalue weighted by Gasteiger charge is 2.15. The molecule has 9 heteroatoms. The van der Waals surface area contributed by atoms with Gasteiger partial charge in [0.2, 0.25) is 5.91 Å². The molecule has 1 aliphatic heterocycles. The minimum atomic E-state index is -0.464. The molecular weight excluding hydrogens is 418 g/mol. The molecule has 0 radical (unpaired) electrons. The van der Waals surface area contributed by atoms with E-state index < -0.39 is 5.91 Å². The smallest absolute Gasteiger partial charge is 0.254 e. The SMILES string of the molecule is NC(=O)c1ccc(Nc2cc(-c3cccc(OCC4CCNCC4)c3)n3ncnc3n2)cc1. The Morgan fingerprint density at radius 1 is 1.15 bits per heavy atom. The third kappa shape index (κ3) is 4.78. The fourth-order valence-corrected chi connectivity index (χ4v) is 3.96. The number of rotatable bonds is 7. The van der Waals surface area contributed by atoms with Crippen molar-refractivity contribution in [1.29, 1.82) is 0 Å². The maximum Gasteiger partial charge on any atom is 0.254 e. The molecule has 1 fully saturated rings. The summed E-state index contributed by atoms with van der Waals surface area (Å²) in [5.41, 5.74) is 8.33. The quantitative estimate of drug-likeness (QED) is 0.402. The van der Waals surface area contributed by atoms with Crippen LogP contribution in [0.2, 0.25) is 0 Å². The molecule has 0 aliphatic carbocycles. The lowest BCUT2D eigenvalue weighted by atomic mass is 9.99. The number of primary amides is 1. The van der Waals surface area contributed by atoms with Crippen LogP contribution in [-0.2, 0) is 0 Å². The molecule has 0 spiro atoms. The Hall–Kier alpha value is -3.98. The van der Waals surface area contributed by atoms with Crippen LogP contribution in [0.25, 0.3) is 17.0 Å². The van der Waals surface area contributed by atoms with Gasteiger partial charge in [-0.2, -0.15) is 19.6 Å². The van der Waals surface area contributed by atoms with Crippen LogP contribution >= 0.6 is 0 Å². The lowest BCUT2D eigenvalue weighted by Crippen LogP contribution is -2.30. The van der Waals surface area contributed by atoms with E-state index in [4.69, 9.17) is 10.5 Å². The van der Waals surface area contributed by atoms with E-state index in [9.17, 15) is 4.79 Å². The molecule has 0 bridgehead atoms. The molecule has 33 heavy (non-hydrogen) atoms. The third-order valence-corrected chi connectivity index (χ3v) is 5.77. The van der Waals surface area contributed by atoms with Crippen LogP contribution in [0.15, 0.2) is 60.9 Å². The van der Waals surface area contributed by atoms with Crippen molar-refractivity contribution in [2.45, 2.75) is 12.8 Å². The zero-order valence-electron chi connectivity index (χ0n) is 18.1. The molecule has 0 saturated carbocycles. The van der Waals surface area contributed by atoms with E-state index in [1.165, 1.54) is 6.33 Å². The standard InChI is InChI=1S/C24H25N7O2/c25-23(32)17-4-6-19(7-5-17)29-22-13-21(31-24(30-22)27-15-28-31)18-2-1-3-20(12-18)33-14-16-8-10-26-11-9-16/h1-7,12-13,15-16,26H,8-11,14H2,(H2,25,32)(H,27,28,29,30). The first-order valence-corrected chi connectivity index (χ1v) is 11.0. The minimum Gasteiger partial charge on any atom is -0.493 e. The number of nitrogens with two attached hydrogens (primary N) is 1. The van der Waals surface area contributed by atoms with Gasteiger partial charge in [-0.05, 0) is 68.2 Å². The number of aromatic nitrogens is 4. The number of carbonyl (C=O) groups is 1. The zero-order chi connectivity index (χ0) is 22.6. The van der Waals surface area contributed by atoms with E-state index in [1.807, 2.05) is 30.3 Å². The number of fused-ring (bicyclic) bond motifs is 1. The zero-order valence-corrected chi connectivity index (χ0v) is 18.1. The summed E-state index contributed by atoms with van der Waals surface area (Å²) in [5.74, 6) is 2.03. The molecule has 0 unspecified atom stereocenters. The number of ether oxygens (including phenoxy) is 1. The largest absolute Gasteiger partial charge is 0.493 e. The number of hydrogen-bond donors (Lipinski definition) is 3. The van der Waals surface area contributed by atoms with Crippen LogP contribution in [0.3, 0.4) is 0 Å². The van der Waals surface area contributed by atoms with Crippen LogP contribution in [-0.4, -0.2) is 45.2 Å². The summed E-state index contributed by atoms with van der Waals surface area (Å²) in [5, 5.41) is 11.0. The fraction of sp³-hybridized carbons (Fsp3) is 0.250. The van der Waals surface area contributed by atoms with Crippen molar-refractivity contribution < 1.29 is 9.53 Å². The Morgan fingerprint density at radius 2 is 1.97 bits per heavy atom. The molecule has 4 N–H and O–H groups in total. The van der Waals surface area contributed by atoms with E-state index in [1.54, 1.807) is 28.8 Å². The number of nitrogens with one attached hydrogen (secondary N) is 2. The fourth-order valence-electron chi connectivity index (χ4n) is 3.96. The molecular formula is C24H25N7O2. The molecule has 1 amide bonds. The van der Waals surface area contributed by atoms with Gasteiger partial charge in [-0.25, -0.2) is 0 Å². The maximum absolute atomic E-state index is 11.3. The van der Waals surface area contributed by atoms with Gasteiger partial charge < -0.3 is 21.1 Å². The van der Waals surface area contributed by atoms with Crippen molar-refractivity contribution in [3.8, 4) is 17.0 Å². The first kappa shape index (κ1) is 20.9. The lowest BCUT2D eigenvalue weighted by molar-refractivity contribution is 0.100. The molecule has 4 aromatic rings. The number of anilines is 2. The first-order chi connectivity index (χ1) is 16.2. The van der Waals surface area contributed by atoms with Crippen molar-refractivity contribution in [2.24, 2.45) is 11.7 Å². The summed E-state index contributed by atoms with van der Waals surface area (Å²) >= 11 is 0. The second kappa shape index (κ2) is 9.25. The Bertz CT molecular complexity index is 1260. The van der Waals surface area contributed by atoms with Gasteiger partial charge in [-0.15, -0.1) is 0 Å². The van der Waals surface area contributed by atoms with Crippen LogP contribution in [0, 0.1) is 5.92 Å². The number of nitrogens with zero attached hydrogens (tertiary/aromatic N) is 4. The Labute approximate surface area is 191 Å². The Kier molecular flexibility index (Phi) is 5.86. The molecule has 9 nitrogen and oxygen atoms in total. The van der Waals surface area contributed by atoms with Gasteiger partial charge in [0.15, 0.2) is 0 Å². The Balaban J connectivity index is 1.40. The van der Waals surface area contributed by atoms with E-state index in [0.29, 0.717) is 29.7 Å². The van der Waals surface area contributed by atoms with Gasteiger partial charge in [0, 0.05) is 22.9 Å². The van der Waals surface area contributed by atoms with Crippen molar-refractivity contribution >= 4 is 23.2 Å². The minimum absolute atomic E-state index is 0.448. The van der Waals surface area contributed by atoms with Crippen LogP contribution in [0.4, 0.5) is 11.5 Å². The van der Waals surface area contributed by atoms with Crippen molar-refractivity contribution in [1.82, 2.24) is 24.9 Å². The predicted molar refractivity (Wildman–Crippen MR) is 126 cm³/mol. The maximum atomic E-state index is 11.3. The molecule has 1 saturated heterocycles. The summed E-state index contributed by atoms with van der Waals surface area (Å²) < 4.78 is 7.82. The topological polar surface area (TPSA) is 119 Å². The number of benzene rings is 2. The average molecular weight is 444 g/mol. The molecule has 3 heterocycles. The summed E-state index contributed by atoms with van der Waals surface area (Å²) in [6.07, 6.45) is 3.76. The highest BCUT2D eigenvalue weighted by Crippen LogP contribution is 2.27. The van der Waals surface area contributed by atoms with E-state index in [0.717, 1.165) is 48.6 Å². The average Bonchev–Trinajstić information content (AvgIpc) is 3.32. The monoisotopic (exact) mass is 443 g/mol. The van der Waals surface area contributed by atoms with Gasteiger partial charge in [0.1, 0.15) is 17.9 Å². The Morgan fingerprint density at radius 3 is 2.76 bits per heavy atom. The lowest BCUT2D eigenvalue weighted by Gasteiger charge is -2.22. The van der Waals surface area contributed by atoms with Crippen molar-refractivity contribution in [3.63, 3.8) is 0 Å². The number of hydrogen-bond acceptors (Lipinski definition) is 7. The van der Waals surface area contributed by atoms with Gasteiger partial charge in [-0.1, -0.05) is 12.1 Å². The summed E-state index contributed by atoms with van der Waals surface area (Å²) in [6, 6.07) is 16.8. The normalized spacial score (nSPS) is 14.3. The predicted octanol–water partition coefficient (Wildman–Crippen LogP) is 3.01. The number of piperidine rings is 1. The summed E-state index contributed by atoms with van der Waals surface area (Å²) in [4.78, 5) is 20.1. The second-order valence-corrected chi connectivity index (χ2v) is 8.10. The van der Waals surface area contributed by atoms with Gasteiger partial charge >= 0.3 is 0 Å². The van der Waals surface area contributed by atoms with Gasteiger partial charge in [0.05, 0.1) is 12.3 Å². The molecule has 5 rings (SSSR count). The van der Waals surface area contributed by atoms with E-state index in [-0.39, 0.29) is 0 Å². The molecule has 168 valence electrons.